The molecule has 2 rings (SSSR count). The average Bonchev–Trinajstić information content (AvgIpc) is 2.67. The SMILES string of the molecule is CN=C(NCCOC)NCCC(=O)N1CCN(c2ncccn2)CC1.I. The number of aromatic nitrogens is 2. The van der Waals surface area contributed by atoms with Gasteiger partial charge in [0.15, 0.2) is 5.96 Å². The maximum absolute atomic E-state index is 12.3. The zero-order valence-corrected chi connectivity index (χ0v) is 17.7. The van der Waals surface area contributed by atoms with Crippen molar-refractivity contribution in [1.29, 1.82) is 0 Å². The Balaban J connectivity index is 0.00000338. The van der Waals surface area contributed by atoms with Gasteiger partial charge < -0.3 is 25.2 Å². The van der Waals surface area contributed by atoms with Crippen LogP contribution in [0.15, 0.2) is 23.5 Å². The summed E-state index contributed by atoms with van der Waals surface area (Å²) in [6.07, 6.45) is 3.91. The molecule has 0 saturated carbocycles. The highest BCUT2D eigenvalue weighted by Gasteiger charge is 2.22. The summed E-state index contributed by atoms with van der Waals surface area (Å²) in [6.45, 7) is 4.72. The number of ether oxygens (including phenoxy) is 1. The van der Waals surface area contributed by atoms with E-state index in [2.05, 4.69) is 30.5 Å². The number of piperazine rings is 1. The normalized spacial score (nSPS) is 14.6. The average molecular weight is 477 g/mol. The number of rotatable bonds is 7. The topological polar surface area (TPSA) is 95.0 Å². The number of amides is 1. The van der Waals surface area contributed by atoms with Crippen LogP contribution in [0.25, 0.3) is 0 Å². The van der Waals surface area contributed by atoms with Gasteiger partial charge in [-0.25, -0.2) is 9.97 Å². The first-order valence-electron chi connectivity index (χ1n) is 8.47. The van der Waals surface area contributed by atoms with Crippen molar-refractivity contribution in [3.05, 3.63) is 18.5 Å². The molecule has 0 aliphatic carbocycles. The minimum Gasteiger partial charge on any atom is -0.383 e. The summed E-state index contributed by atoms with van der Waals surface area (Å²) in [5.41, 5.74) is 0. The highest BCUT2D eigenvalue weighted by Crippen LogP contribution is 2.10. The number of hydrogen-bond acceptors (Lipinski definition) is 6. The van der Waals surface area contributed by atoms with Crippen LogP contribution in [0.5, 0.6) is 0 Å². The number of carbonyl (C=O) groups is 1. The van der Waals surface area contributed by atoms with Gasteiger partial charge >= 0.3 is 0 Å². The lowest BCUT2D eigenvalue weighted by atomic mass is 10.3. The Bertz CT molecular complexity index is 551. The van der Waals surface area contributed by atoms with Crippen molar-refractivity contribution < 1.29 is 9.53 Å². The van der Waals surface area contributed by atoms with E-state index in [1.807, 2.05) is 4.90 Å². The summed E-state index contributed by atoms with van der Waals surface area (Å²) in [4.78, 5) is 28.9. The predicted octanol–water partition coefficient (Wildman–Crippen LogP) is -0.0553. The Morgan fingerprint density at radius 3 is 2.46 bits per heavy atom. The summed E-state index contributed by atoms with van der Waals surface area (Å²) < 4.78 is 4.98. The van der Waals surface area contributed by atoms with Crippen LogP contribution >= 0.6 is 24.0 Å². The molecule has 0 spiro atoms. The Kier molecular flexibility index (Phi) is 10.9. The number of hydrogen-bond donors (Lipinski definition) is 2. The molecule has 26 heavy (non-hydrogen) atoms. The van der Waals surface area contributed by atoms with E-state index in [0.29, 0.717) is 45.2 Å². The number of halogens is 1. The lowest BCUT2D eigenvalue weighted by Crippen LogP contribution is -2.50. The molecular weight excluding hydrogens is 449 g/mol. The quantitative estimate of drug-likeness (QED) is 0.246. The Labute approximate surface area is 171 Å². The fourth-order valence-electron chi connectivity index (χ4n) is 2.55. The van der Waals surface area contributed by atoms with Gasteiger partial charge in [-0.1, -0.05) is 0 Å². The molecule has 146 valence electrons. The Morgan fingerprint density at radius 2 is 1.85 bits per heavy atom. The molecule has 0 radical (unpaired) electrons. The lowest BCUT2D eigenvalue weighted by molar-refractivity contribution is -0.131. The van der Waals surface area contributed by atoms with E-state index in [0.717, 1.165) is 19.0 Å². The van der Waals surface area contributed by atoms with Crippen molar-refractivity contribution in [2.45, 2.75) is 6.42 Å². The monoisotopic (exact) mass is 477 g/mol. The fourth-order valence-corrected chi connectivity index (χ4v) is 2.55. The fraction of sp³-hybridized carbons (Fsp3) is 0.625. The van der Waals surface area contributed by atoms with Gasteiger partial charge in [0, 0.05) is 72.2 Å². The van der Waals surface area contributed by atoms with Crippen LogP contribution in [0.3, 0.4) is 0 Å². The molecule has 1 aliphatic rings. The van der Waals surface area contributed by atoms with E-state index in [1.165, 1.54) is 0 Å². The first-order valence-corrected chi connectivity index (χ1v) is 8.47. The maximum Gasteiger partial charge on any atom is 0.225 e. The molecular formula is C16H28IN7O2. The van der Waals surface area contributed by atoms with Crippen LogP contribution in [0.4, 0.5) is 5.95 Å². The second-order valence-electron chi connectivity index (χ2n) is 5.59. The van der Waals surface area contributed by atoms with Crippen molar-refractivity contribution in [3.8, 4) is 0 Å². The van der Waals surface area contributed by atoms with Crippen molar-refractivity contribution in [2.24, 2.45) is 4.99 Å². The van der Waals surface area contributed by atoms with E-state index in [9.17, 15) is 4.79 Å². The van der Waals surface area contributed by atoms with E-state index >= 15 is 0 Å². The summed E-state index contributed by atoms with van der Waals surface area (Å²) >= 11 is 0. The number of anilines is 1. The molecule has 0 bridgehead atoms. The van der Waals surface area contributed by atoms with Crippen LogP contribution in [0.2, 0.25) is 0 Å². The maximum atomic E-state index is 12.3. The summed E-state index contributed by atoms with van der Waals surface area (Å²) in [5, 5.41) is 6.25. The number of guanidine groups is 1. The molecule has 1 aromatic heterocycles. The van der Waals surface area contributed by atoms with Gasteiger partial charge in [0.1, 0.15) is 0 Å². The van der Waals surface area contributed by atoms with Gasteiger partial charge in [-0.05, 0) is 6.07 Å². The molecule has 1 fully saturated rings. The first kappa shape index (κ1) is 22.4. The van der Waals surface area contributed by atoms with Crippen molar-refractivity contribution >= 4 is 41.8 Å². The van der Waals surface area contributed by atoms with Crippen LogP contribution in [-0.2, 0) is 9.53 Å². The molecule has 10 heteroatoms. The van der Waals surface area contributed by atoms with E-state index in [-0.39, 0.29) is 29.9 Å². The third kappa shape index (κ3) is 7.28. The number of carbonyl (C=O) groups excluding carboxylic acids is 1. The predicted molar refractivity (Wildman–Crippen MR) is 112 cm³/mol. The van der Waals surface area contributed by atoms with Gasteiger partial charge in [0.25, 0.3) is 0 Å². The van der Waals surface area contributed by atoms with Gasteiger partial charge in [-0.2, -0.15) is 0 Å². The molecule has 1 aliphatic heterocycles. The molecule has 2 heterocycles. The number of aliphatic imine (C=N–C) groups is 1. The first-order chi connectivity index (χ1) is 12.2. The van der Waals surface area contributed by atoms with Gasteiger partial charge in [0.05, 0.1) is 6.61 Å². The summed E-state index contributed by atoms with van der Waals surface area (Å²) in [5.74, 6) is 1.55. The lowest BCUT2D eigenvalue weighted by Gasteiger charge is -2.34. The molecule has 1 amide bonds. The zero-order valence-electron chi connectivity index (χ0n) is 15.3. The molecule has 1 saturated heterocycles. The van der Waals surface area contributed by atoms with E-state index in [4.69, 9.17) is 4.74 Å². The Hall–Kier alpha value is -1.69. The van der Waals surface area contributed by atoms with Gasteiger partial charge in [-0.15, -0.1) is 24.0 Å². The minimum atomic E-state index is 0. The highest BCUT2D eigenvalue weighted by molar-refractivity contribution is 14.0. The molecule has 9 nitrogen and oxygen atoms in total. The molecule has 0 atom stereocenters. The second-order valence-corrected chi connectivity index (χ2v) is 5.59. The minimum absolute atomic E-state index is 0. The van der Waals surface area contributed by atoms with Crippen molar-refractivity contribution in [2.75, 3.05) is 64.9 Å². The number of methoxy groups -OCH3 is 1. The van der Waals surface area contributed by atoms with Gasteiger partial charge in [0.2, 0.25) is 11.9 Å². The van der Waals surface area contributed by atoms with Crippen LogP contribution in [-0.4, -0.2) is 86.8 Å². The van der Waals surface area contributed by atoms with Crippen LogP contribution < -0.4 is 15.5 Å². The van der Waals surface area contributed by atoms with Crippen LogP contribution in [0.1, 0.15) is 6.42 Å². The van der Waals surface area contributed by atoms with Crippen molar-refractivity contribution in [1.82, 2.24) is 25.5 Å². The van der Waals surface area contributed by atoms with E-state index < -0.39 is 0 Å². The third-order valence-electron chi connectivity index (χ3n) is 3.92. The second kappa shape index (κ2) is 12.6. The third-order valence-corrected chi connectivity index (χ3v) is 3.92. The zero-order chi connectivity index (χ0) is 17.9. The number of nitrogens with one attached hydrogen (secondary N) is 2. The molecule has 0 unspecified atom stereocenters. The Morgan fingerprint density at radius 1 is 1.19 bits per heavy atom. The molecule has 1 aromatic rings. The highest BCUT2D eigenvalue weighted by atomic mass is 127. The smallest absolute Gasteiger partial charge is 0.225 e. The van der Waals surface area contributed by atoms with Gasteiger partial charge in [-0.3, -0.25) is 9.79 Å². The number of nitrogens with zero attached hydrogens (tertiary/aromatic N) is 5. The summed E-state index contributed by atoms with van der Waals surface area (Å²) in [6, 6.07) is 1.80. The summed E-state index contributed by atoms with van der Waals surface area (Å²) in [7, 11) is 3.36. The van der Waals surface area contributed by atoms with E-state index in [1.54, 1.807) is 32.6 Å². The molecule has 2 N–H and O–H groups in total. The standard InChI is InChI=1S/C16H27N7O2.HI/c1-17-15(19-8-13-25-2)18-7-4-14(24)22-9-11-23(12-10-22)16-20-5-3-6-21-16;/h3,5-6H,4,7-13H2,1-2H3,(H2,17,18,19);1H. The van der Waals surface area contributed by atoms with Crippen molar-refractivity contribution in [3.63, 3.8) is 0 Å². The molecule has 0 aromatic carbocycles. The largest absolute Gasteiger partial charge is 0.383 e. The van der Waals surface area contributed by atoms with Crippen LogP contribution in [0, 0.1) is 0 Å².